The van der Waals surface area contributed by atoms with Crippen LogP contribution in [0.15, 0.2) is 40.6 Å². The van der Waals surface area contributed by atoms with Crippen LogP contribution in [-0.4, -0.2) is 43.9 Å². The maximum Gasteiger partial charge on any atom is 0.243 e. The van der Waals surface area contributed by atoms with Crippen molar-refractivity contribution < 1.29 is 12.8 Å². The third-order valence-corrected chi connectivity index (χ3v) is 10.1. The van der Waals surface area contributed by atoms with Crippen LogP contribution in [0.1, 0.15) is 76.0 Å². The van der Waals surface area contributed by atoms with E-state index in [1.807, 2.05) is 5.38 Å². The van der Waals surface area contributed by atoms with Crippen molar-refractivity contribution in [2.75, 3.05) is 31.1 Å². The van der Waals surface area contributed by atoms with Crippen LogP contribution >= 0.6 is 22.9 Å². The van der Waals surface area contributed by atoms with Gasteiger partial charge in [-0.15, -0.1) is 11.3 Å². The molecule has 0 aliphatic carbocycles. The van der Waals surface area contributed by atoms with Crippen molar-refractivity contribution in [2.45, 2.75) is 64.2 Å². The van der Waals surface area contributed by atoms with Crippen LogP contribution in [0.25, 0.3) is 11.3 Å². The van der Waals surface area contributed by atoms with Gasteiger partial charge in [0.1, 0.15) is 5.82 Å². The highest BCUT2D eigenvalue weighted by atomic mass is 35.5. The molecule has 0 bridgehead atoms. The summed E-state index contributed by atoms with van der Waals surface area (Å²) < 4.78 is 43.3. The Morgan fingerprint density at radius 2 is 1.51 bits per heavy atom. The largest absolute Gasteiger partial charge is 0.345 e. The topological polar surface area (TPSA) is 53.5 Å². The van der Waals surface area contributed by atoms with Gasteiger partial charge in [-0.1, -0.05) is 65.3 Å². The summed E-state index contributed by atoms with van der Waals surface area (Å²) in [4.78, 5) is 7.31. The molecule has 0 amide bonds. The second-order valence-corrected chi connectivity index (χ2v) is 13.6. The lowest BCUT2D eigenvalue weighted by Gasteiger charge is -2.35. The van der Waals surface area contributed by atoms with Gasteiger partial charge in [0.05, 0.1) is 15.6 Å². The number of nitrogens with zero attached hydrogens (tertiary/aromatic N) is 3. The first kappa shape index (κ1) is 28.0. The third kappa shape index (κ3) is 5.72. The molecule has 1 fully saturated rings. The van der Waals surface area contributed by atoms with Crippen LogP contribution in [0, 0.1) is 5.82 Å². The number of anilines is 1. The minimum absolute atomic E-state index is 0.0637. The van der Waals surface area contributed by atoms with Crippen molar-refractivity contribution in [3.63, 3.8) is 0 Å². The van der Waals surface area contributed by atoms with Gasteiger partial charge in [0, 0.05) is 37.1 Å². The average Bonchev–Trinajstić information content (AvgIpc) is 3.35. The van der Waals surface area contributed by atoms with E-state index < -0.39 is 15.8 Å². The smallest absolute Gasteiger partial charge is 0.243 e. The zero-order valence-electron chi connectivity index (χ0n) is 22.3. The molecule has 3 aromatic rings. The molecule has 0 saturated carbocycles. The number of thiazole rings is 1. The molecular weight excluding hydrogens is 529 g/mol. The van der Waals surface area contributed by atoms with E-state index >= 15 is 0 Å². The fraction of sp³-hybridized carbons (Fsp3) is 0.464. The lowest BCUT2D eigenvalue weighted by molar-refractivity contribution is 0.383. The van der Waals surface area contributed by atoms with Crippen molar-refractivity contribution in [1.29, 1.82) is 0 Å². The van der Waals surface area contributed by atoms with Crippen LogP contribution in [0.2, 0.25) is 5.02 Å². The SMILES string of the molecule is CC(C)c1cc(C(C)C)c(S(=O)(=O)N2CCN(c3nc(-c4ccc(F)c(Cl)c4)cs3)CC2)c(C(C)C)c1. The first-order valence-electron chi connectivity index (χ1n) is 12.7. The van der Waals surface area contributed by atoms with E-state index in [4.69, 9.17) is 16.6 Å². The number of rotatable bonds is 7. The van der Waals surface area contributed by atoms with Gasteiger partial charge in [0.15, 0.2) is 5.13 Å². The van der Waals surface area contributed by atoms with E-state index in [2.05, 4.69) is 58.6 Å². The molecule has 1 aliphatic rings. The maximum atomic E-state index is 14.1. The minimum atomic E-state index is -3.67. The summed E-state index contributed by atoms with van der Waals surface area (Å²) in [7, 11) is -3.67. The summed E-state index contributed by atoms with van der Waals surface area (Å²) in [6, 6.07) is 8.74. The first-order valence-corrected chi connectivity index (χ1v) is 15.4. The molecule has 200 valence electrons. The second-order valence-electron chi connectivity index (χ2n) is 10.5. The zero-order valence-corrected chi connectivity index (χ0v) is 24.6. The Morgan fingerprint density at radius 1 is 0.919 bits per heavy atom. The molecule has 1 saturated heterocycles. The van der Waals surface area contributed by atoms with Crippen LogP contribution in [-0.2, 0) is 10.0 Å². The molecule has 37 heavy (non-hydrogen) atoms. The number of benzene rings is 2. The number of halogens is 2. The van der Waals surface area contributed by atoms with E-state index in [-0.39, 0.29) is 16.9 Å². The lowest BCUT2D eigenvalue weighted by atomic mass is 9.89. The first-order chi connectivity index (χ1) is 17.4. The standard InChI is InChI=1S/C28H35ClFN3O2S2/c1-17(2)21-13-22(18(3)4)27(23(14-21)19(5)6)37(34,35)33-11-9-32(10-12-33)28-31-26(16-36-28)20-7-8-25(30)24(29)15-20/h7-8,13-19H,9-12H2,1-6H3. The molecule has 5 nitrogen and oxygen atoms in total. The summed E-state index contributed by atoms with van der Waals surface area (Å²) in [5.41, 5.74) is 4.46. The summed E-state index contributed by atoms with van der Waals surface area (Å²) in [5, 5.41) is 2.80. The van der Waals surface area contributed by atoms with E-state index in [0.717, 1.165) is 27.5 Å². The quantitative estimate of drug-likeness (QED) is 0.299. The van der Waals surface area contributed by atoms with Crippen molar-refractivity contribution in [2.24, 2.45) is 0 Å². The summed E-state index contributed by atoms with van der Waals surface area (Å²) in [5.74, 6) is 0.0506. The molecule has 2 aromatic carbocycles. The van der Waals surface area contributed by atoms with Crippen molar-refractivity contribution >= 4 is 38.1 Å². The van der Waals surface area contributed by atoms with E-state index in [1.54, 1.807) is 16.4 Å². The number of sulfonamides is 1. The fourth-order valence-electron chi connectivity index (χ4n) is 4.63. The number of hydrogen-bond donors (Lipinski definition) is 0. The highest BCUT2D eigenvalue weighted by Crippen LogP contribution is 2.37. The van der Waals surface area contributed by atoms with Gasteiger partial charge in [0.25, 0.3) is 0 Å². The highest BCUT2D eigenvalue weighted by molar-refractivity contribution is 7.89. The number of aromatic nitrogens is 1. The molecule has 4 rings (SSSR count). The molecule has 0 radical (unpaired) electrons. The summed E-state index contributed by atoms with van der Waals surface area (Å²) >= 11 is 7.43. The van der Waals surface area contributed by atoms with Gasteiger partial charge in [-0.3, -0.25) is 0 Å². The van der Waals surface area contributed by atoms with Crippen molar-refractivity contribution in [3.05, 3.63) is 63.2 Å². The van der Waals surface area contributed by atoms with Crippen LogP contribution in [0.4, 0.5) is 9.52 Å². The monoisotopic (exact) mass is 563 g/mol. The Kier molecular flexibility index (Phi) is 8.34. The normalized spacial score (nSPS) is 15.4. The van der Waals surface area contributed by atoms with Crippen LogP contribution in [0.5, 0.6) is 0 Å². The Bertz CT molecular complexity index is 1350. The van der Waals surface area contributed by atoms with Crippen molar-refractivity contribution in [3.8, 4) is 11.3 Å². The molecule has 1 aromatic heterocycles. The Balaban J connectivity index is 1.58. The second kappa shape index (κ2) is 11.0. The van der Waals surface area contributed by atoms with Gasteiger partial charge in [0.2, 0.25) is 10.0 Å². The number of hydrogen-bond acceptors (Lipinski definition) is 5. The maximum absolute atomic E-state index is 14.1. The third-order valence-electron chi connectivity index (χ3n) is 6.89. The summed E-state index contributed by atoms with van der Waals surface area (Å²) in [6.07, 6.45) is 0. The highest BCUT2D eigenvalue weighted by Gasteiger charge is 2.34. The Morgan fingerprint density at radius 3 is 2.03 bits per heavy atom. The molecule has 0 unspecified atom stereocenters. The van der Waals surface area contributed by atoms with Gasteiger partial charge in [-0.05, 0) is 52.6 Å². The fourth-order valence-corrected chi connectivity index (χ4v) is 7.79. The lowest BCUT2D eigenvalue weighted by Crippen LogP contribution is -2.49. The van der Waals surface area contributed by atoms with Gasteiger partial charge in [-0.25, -0.2) is 17.8 Å². The molecule has 0 N–H and O–H groups in total. The Labute approximate surface area is 229 Å². The molecule has 1 aliphatic heterocycles. The molecule has 0 atom stereocenters. The minimum Gasteiger partial charge on any atom is -0.345 e. The number of piperazine rings is 1. The van der Waals surface area contributed by atoms with Gasteiger partial charge in [-0.2, -0.15) is 4.31 Å². The van der Waals surface area contributed by atoms with E-state index in [0.29, 0.717) is 37.0 Å². The van der Waals surface area contributed by atoms with Crippen LogP contribution in [0.3, 0.4) is 0 Å². The molecule has 2 heterocycles. The predicted octanol–water partition coefficient (Wildman–Crippen LogP) is 7.48. The van der Waals surface area contributed by atoms with Gasteiger partial charge >= 0.3 is 0 Å². The zero-order chi connectivity index (χ0) is 27.1. The van der Waals surface area contributed by atoms with Crippen LogP contribution < -0.4 is 4.90 Å². The molecular formula is C28H35ClFN3O2S2. The predicted molar refractivity (Wildman–Crippen MR) is 152 cm³/mol. The molecule has 0 spiro atoms. The Hall–Kier alpha value is -2.00. The van der Waals surface area contributed by atoms with Gasteiger partial charge < -0.3 is 4.90 Å². The summed E-state index contributed by atoms with van der Waals surface area (Å²) in [6.45, 7) is 14.4. The van der Waals surface area contributed by atoms with E-state index in [1.165, 1.54) is 23.0 Å². The van der Waals surface area contributed by atoms with Crippen molar-refractivity contribution in [1.82, 2.24) is 9.29 Å². The molecule has 9 heteroatoms. The average molecular weight is 564 g/mol. The van der Waals surface area contributed by atoms with E-state index in [9.17, 15) is 12.8 Å².